The summed E-state index contributed by atoms with van der Waals surface area (Å²) in [5.41, 5.74) is 4.96. The van der Waals surface area contributed by atoms with Crippen LogP contribution in [0.5, 0.6) is 0 Å². The number of carboxylic acid groups (broad SMARTS) is 1. The minimum atomic E-state index is -1.52. The van der Waals surface area contributed by atoms with Crippen LogP contribution in [0.25, 0.3) is 0 Å². The smallest absolute Gasteiger partial charge is 0.228 e. The first kappa shape index (κ1) is 10.6. The molecule has 2 amide bonds. The molecule has 0 aromatic rings. The maximum Gasteiger partial charge on any atom is 0.228 e. The third-order valence-corrected chi connectivity index (χ3v) is 1.02. The number of carboxylic acids is 1. The van der Waals surface area contributed by atoms with Gasteiger partial charge in [-0.15, -0.1) is 0 Å². The molecule has 0 aliphatic carbocycles. The fourth-order valence-corrected chi connectivity index (χ4v) is 0.530. The molecule has 0 aromatic carbocycles. The number of rotatable bonds is 3. The summed E-state index contributed by atoms with van der Waals surface area (Å²) in [6.45, 7) is 1.14. The van der Waals surface area contributed by atoms with E-state index < -0.39 is 30.2 Å². The summed E-state index contributed by atoms with van der Waals surface area (Å²) in [5.74, 6) is -2.79. The number of carbonyl (C=O) groups is 3. The van der Waals surface area contributed by atoms with Crippen LogP contribution in [0.3, 0.4) is 0 Å². The van der Waals surface area contributed by atoms with Gasteiger partial charge in [-0.25, -0.2) is 0 Å². The molecule has 6 heteroatoms. The van der Waals surface area contributed by atoms with Crippen molar-refractivity contribution in [1.29, 1.82) is 0 Å². The Balaban J connectivity index is 3.85. The van der Waals surface area contributed by atoms with Crippen LogP contribution in [0, 0.1) is 0 Å². The lowest BCUT2D eigenvalue weighted by Crippen LogP contribution is -2.45. The highest BCUT2D eigenvalue weighted by molar-refractivity contribution is 5.95. The van der Waals surface area contributed by atoms with Gasteiger partial charge in [-0.2, -0.15) is 0 Å². The van der Waals surface area contributed by atoms with Gasteiger partial charge in [-0.1, -0.05) is 0 Å². The van der Waals surface area contributed by atoms with Gasteiger partial charge in [-0.3, -0.25) is 14.9 Å². The molecule has 0 aliphatic heterocycles. The minimum absolute atomic E-state index is 0.456. The van der Waals surface area contributed by atoms with Crippen LogP contribution in [0.2, 0.25) is 0 Å². The van der Waals surface area contributed by atoms with Gasteiger partial charge in [0.05, 0.1) is 12.0 Å². The molecule has 0 aliphatic rings. The molecule has 0 fully saturated rings. The topological polar surface area (TPSA) is 112 Å². The van der Waals surface area contributed by atoms with E-state index in [9.17, 15) is 19.5 Å². The number of nitrogens with two attached hydrogens (primary N) is 1. The Labute approximate surface area is 68.7 Å². The SMILES string of the molecule is CC(=O)NC(=O)CC(N)C(=O)[O-]. The number of carbonyl (C=O) groups excluding carboxylic acids is 3. The zero-order chi connectivity index (χ0) is 9.72. The molecule has 0 rings (SSSR count). The zero-order valence-electron chi connectivity index (χ0n) is 6.49. The minimum Gasteiger partial charge on any atom is -0.548 e. The average Bonchev–Trinajstić information content (AvgIpc) is 1.84. The number of imide groups is 1. The summed E-state index contributed by atoms with van der Waals surface area (Å²) in [6, 6.07) is -1.37. The number of hydrogen-bond donors (Lipinski definition) is 2. The van der Waals surface area contributed by atoms with Gasteiger partial charge in [0.25, 0.3) is 0 Å². The molecule has 1 unspecified atom stereocenters. The Morgan fingerprint density at radius 1 is 1.50 bits per heavy atom. The van der Waals surface area contributed by atoms with Crippen LogP contribution in [-0.2, 0) is 14.4 Å². The van der Waals surface area contributed by atoms with E-state index in [2.05, 4.69) is 0 Å². The van der Waals surface area contributed by atoms with E-state index in [0.717, 1.165) is 6.92 Å². The third kappa shape index (κ3) is 4.40. The first-order valence-corrected chi connectivity index (χ1v) is 3.20. The largest absolute Gasteiger partial charge is 0.548 e. The summed E-state index contributed by atoms with van der Waals surface area (Å²) >= 11 is 0. The van der Waals surface area contributed by atoms with Crippen LogP contribution in [0.1, 0.15) is 13.3 Å². The fourth-order valence-electron chi connectivity index (χ4n) is 0.530. The Kier molecular flexibility index (Phi) is 3.92. The second-order valence-corrected chi connectivity index (χ2v) is 2.23. The van der Waals surface area contributed by atoms with Crippen molar-refractivity contribution in [2.24, 2.45) is 5.73 Å². The lowest BCUT2D eigenvalue weighted by Gasteiger charge is -2.10. The number of aliphatic carboxylic acids is 1. The highest BCUT2D eigenvalue weighted by Crippen LogP contribution is 1.85. The molecule has 0 saturated carbocycles. The summed E-state index contributed by atoms with van der Waals surface area (Å²) in [6.07, 6.45) is -0.456. The van der Waals surface area contributed by atoms with Crippen LogP contribution >= 0.6 is 0 Å². The van der Waals surface area contributed by atoms with Gasteiger partial charge in [0, 0.05) is 13.3 Å². The number of nitrogens with one attached hydrogen (secondary N) is 1. The second kappa shape index (κ2) is 4.45. The summed E-state index contributed by atoms with van der Waals surface area (Å²) < 4.78 is 0. The first-order valence-electron chi connectivity index (χ1n) is 3.20. The summed E-state index contributed by atoms with van der Waals surface area (Å²) in [7, 11) is 0. The van der Waals surface area contributed by atoms with E-state index in [0.29, 0.717) is 0 Å². The lowest BCUT2D eigenvalue weighted by atomic mass is 10.2. The Bertz CT molecular complexity index is 214. The molecule has 0 saturated heterocycles. The third-order valence-electron chi connectivity index (χ3n) is 1.02. The van der Waals surface area contributed by atoms with Crippen molar-refractivity contribution in [2.45, 2.75) is 19.4 Å². The van der Waals surface area contributed by atoms with E-state index in [1.807, 2.05) is 5.32 Å². The molecular weight excluding hydrogens is 164 g/mol. The van der Waals surface area contributed by atoms with E-state index in [1.165, 1.54) is 0 Å². The Morgan fingerprint density at radius 3 is 2.33 bits per heavy atom. The van der Waals surface area contributed by atoms with E-state index in [4.69, 9.17) is 5.73 Å². The van der Waals surface area contributed by atoms with Crippen molar-refractivity contribution >= 4 is 17.8 Å². The van der Waals surface area contributed by atoms with Crippen LogP contribution in [0.15, 0.2) is 0 Å². The van der Waals surface area contributed by atoms with Gasteiger partial charge in [-0.05, 0) is 0 Å². The lowest BCUT2D eigenvalue weighted by molar-refractivity contribution is -0.307. The van der Waals surface area contributed by atoms with Crippen molar-refractivity contribution in [2.75, 3.05) is 0 Å². The van der Waals surface area contributed by atoms with Gasteiger partial charge in [0.15, 0.2) is 0 Å². The van der Waals surface area contributed by atoms with Gasteiger partial charge < -0.3 is 15.6 Å². The van der Waals surface area contributed by atoms with Crippen LogP contribution in [-0.4, -0.2) is 23.8 Å². The molecule has 12 heavy (non-hydrogen) atoms. The van der Waals surface area contributed by atoms with Gasteiger partial charge >= 0.3 is 0 Å². The molecule has 0 spiro atoms. The van der Waals surface area contributed by atoms with E-state index in [1.54, 1.807) is 0 Å². The maximum absolute atomic E-state index is 10.7. The van der Waals surface area contributed by atoms with Crippen molar-refractivity contribution in [3.05, 3.63) is 0 Å². The predicted octanol–water partition coefficient (Wildman–Crippen LogP) is -2.88. The fraction of sp³-hybridized carbons (Fsp3) is 0.500. The number of hydrogen-bond acceptors (Lipinski definition) is 5. The van der Waals surface area contributed by atoms with E-state index in [-0.39, 0.29) is 0 Å². The van der Waals surface area contributed by atoms with Gasteiger partial charge in [0.2, 0.25) is 11.8 Å². The van der Waals surface area contributed by atoms with Crippen molar-refractivity contribution in [3.63, 3.8) is 0 Å². The average molecular weight is 173 g/mol. The molecule has 6 nitrogen and oxygen atoms in total. The molecule has 0 heterocycles. The standard InChI is InChI=1S/C6H10N2O4/c1-3(9)8-5(10)2-4(7)6(11)12/h4H,2,7H2,1H3,(H,11,12)(H,8,9,10)/p-1. The summed E-state index contributed by atoms with van der Waals surface area (Å²) in [4.78, 5) is 31.0. The monoisotopic (exact) mass is 173 g/mol. The van der Waals surface area contributed by atoms with Crippen molar-refractivity contribution in [1.82, 2.24) is 5.32 Å². The predicted molar refractivity (Wildman–Crippen MR) is 36.4 cm³/mol. The molecule has 3 N–H and O–H groups in total. The molecule has 0 bridgehead atoms. The van der Waals surface area contributed by atoms with E-state index >= 15 is 0 Å². The highest BCUT2D eigenvalue weighted by Gasteiger charge is 2.10. The van der Waals surface area contributed by atoms with Crippen molar-refractivity contribution < 1.29 is 19.5 Å². The molecule has 0 aromatic heterocycles. The summed E-state index contributed by atoms with van der Waals surface area (Å²) in [5, 5.41) is 11.9. The second-order valence-electron chi connectivity index (χ2n) is 2.23. The van der Waals surface area contributed by atoms with Gasteiger partial charge in [0.1, 0.15) is 0 Å². The Morgan fingerprint density at radius 2 is 2.00 bits per heavy atom. The molecule has 1 atom stereocenters. The Hall–Kier alpha value is -1.43. The normalized spacial score (nSPS) is 11.8. The zero-order valence-corrected chi connectivity index (χ0v) is 6.49. The molecular formula is C6H9N2O4-. The first-order chi connectivity index (χ1) is 5.43. The molecule has 68 valence electrons. The quantitative estimate of drug-likeness (QED) is 0.476. The molecule has 0 radical (unpaired) electrons. The maximum atomic E-state index is 10.7. The highest BCUT2D eigenvalue weighted by atomic mass is 16.4. The van der Waals surface area contributed by atoms with Crippen molar-refractivity contribution in [3.8, 4) is 0 Å². The van der Waals surface area contributed by atoms with Crippen LogP contribution in [0.4, 0.5) is 0 Å². The van der Waals surface area contributed by atoms with Crippen LogP contribution < -0.4 is 16.2 Å². The number of amides is 2.